The van der Waals surface area contributed by atoms with Gasteiger partial charge in [-0.3, -0.25) is 9.48 Å². The van der Waals surface area contributed by atoms with Gasteiger partial charge in [-0.2, -0.15) is 18.3 Å². The highest BCUT2D eigenvalue weighted by atomic mass is 19.4. The van der Waals surface area contributed by atoms with Crippen LogP contribution in [0.25, 0.3) is 5.52 Å². The maximum absolute atomic E-state index is 13.9. The van der Waals surface area contributed by atoms with Crippen LogP contribution in [-0.2, 0) is 13.2 Å². The minimum atomic E-state index is -4.76. The van der Waals surface area contributed by atoms with E-state index in [-0.39, 0.29) is 24.5 Å². The van der Waals surface area contributed by atoms with Crippen molar-refractivity contribution in [3.63, 3.8) is 0 Å². The topological polar surface area (TPSA) is 115 Å². The number of halogens is 5. The van der Waals surface area contributed by atoms with Crippen molar-refractivity contribution >= 4 is 23.1 Å². The summed E-state index contributed by atoms with van der Waals surface area (Å²) in [7, 11) is 1.29. The van der Waals surface area contributed by atoms with Gasteiger partial charge in [0, 0.05) is 19.7 Å². The van der Waals surface area contributed by atoms with Crippen molar-refractivity contribution in [3.05, 3.63) is 35.9 Å². The fraction of sp³-hybridized carbons (Fsp3) is 0.444. The molecule has 172 valence electrons. The predicted molar refractivity (Wildman–Crippen MR) is 103 cm³/mol. The number of aromatic nitrogens is 5. The lowest BCUT2D eigenvalue weighted by Gasteiger charge is -2.35. The molecule has 0 saturated heterocycles. The smallest absolute Gasteiger partial charge is 0.348 e. The first-order chi connectivity index (χ1) is 15.0. The van der Waals surface area contributed by atoms with Crippen molar-refractivity contribution in [2.24, 2.45) is 12.8 Å². The first kappa shape index (κ1) is 21.9. The SMILES string of the molecule is Cn1cc(NC(=O)c2ccc3cnc(N[C@@H]4CCCC(F)(F)[C@@H]4N)nn23)c(C(F)(F)F)n1. The number of nitrogens with zero attached hydrogens (tertiary/aromatic N) is 5. The van der Waals surface area contributed by atoms with Crippen LogP contribution >= 0.6 is 0 Å². The third kappa shape index (κ3) is 4.09. The first-order valence-electron chi connectivity index (χ1n) is 9.62. The highest BCUT2D eigenvalue weighted by Crippen LogP contribution is 2.34. The van der Waals surface area contributed by atoms with Gasteiger partial charge < -0.3 is 16.4 Å². The van der Waals surface area contributed by atoms with Gasteiger partial charge in [0.25, 0.3) is 11.8 Å². The number of nitrogens with two attached hydrogens (primary N) is 1. The molecule has 1 amide bonds. The molecule has 0 aliphatic heterocycles. The number of nitrogens with one attached hydrogen (secondary N) is 2. The number of carbonyl (C=O) groups excluding carboxylic acids is 1. The molecule has 1 fully saturated rings. The summed E-state index contributed by atoms with van der Waals surface area (Å²) in [5.74, 6) is -3.94. The van der Waals surface area contributed by atoms with Crippen LogP contribution in [0.15, 0.2) is 24.5 Å². The average molecular weight is 458 g/mol. The second kappa shape index (κ2) is 7.69. The van der Waals surface area contributed by atoms with Crippen molar-refractivity contribution in [1.82, 2.24) is 24.4 Å². The molecule has 3 aromatic rings. The number of amides is 1. The maximum atomic E-state index is 13.9. The Kier molecular flexibility index (Phi) is 5.27. The summed E-state index contributed by atoms with van der Waals surface area (Å²) in [5, 5.41) is 12.4. The number of carbonyl (C=O) groups is 1. The Hall–Kier alpha value is -3.29. The monoisotopic (exact) mass is 458 g/mol. The minimum Gasteiger partial charge on any atom is -0.348 e. The Bertz CT molecular complexity index is 1150. The molecule has 1 saturated carbocycles. The molecule has 0 spiro atoms. The molecule has 0 unspecified atom stereocenters. The van der Waals surface area contributed by atoms with Crippen LogP contribution < -0.4 is 16.4 Å². The van der Waals surface area contributed by atoms with Gasteiger partial charge in [0.05, 0.1) is 29.5 Å². The Balaban J connectivity index is 1.59. The summed E-state index contributed by atoms with van der Waals surface area (Å²) in [6.07, 6.45) is -2.02. The van der Waals surface area contributed by atoms with E-state index in [1.54, 1.807) is 0 Å². The second-order valence-electron chi connectivity index (χ2n) is 7.58. The molecule has 1 aliphatic carbocycles. The summed E-state index contributed by atoms with van der Waals surface area (Å²) in [5.41, 5.74) is 4.22. The van der Waals surface area contributed by atoms with Crippen LogP contribution in [0.1, 0.15) is 35.4 Å². The minimum absolute atomic E-state index is 0.0433. The van der Waals surface area contributed by atoms with Gasteiger partial charge >= 0.3 is 6.18 Å². The fourth-order valence-electron chi connectivity index (χ4n) is 3.64. The highest BCUT2D eigenvalue weighted by Gasteiger charge is 2.45. The van der Waals surface area contributed by atoms with Gasteiger partial charge in [-0.05, 0) is 25.0 Å². The number of aryl methyl sites for hydroxylation is 1. The third-order valence-corrected chi connectivity index (χ3v) is 5.24. The molecule has 1 aliphatic rings. The molecular weight excluding hydrogens is 439 g/mol. The van der Waals surface area contributed by atoms with Crippen LogP contribution in [0.5, 0.6) is 0 Å². The van der Waals surface area contributed by atoms with Gasteiger partial charge in [0.15, 0.2) is 5.69 Å². The Morgan fingerprint density at radius 1 is 1.28 bits per heavy atom. The fourth-order valence-corrected chi connectivity index (χ4v) is 3.64. The normalized spacial score (nSPS) is 21.0. The van der Waals surface area contributed by atoms with Crippen molar-refractivity contribution in [1.29, 1.82) is 0 Å². The van der Waals surface area contributed by atoms with Crippen LogP contribution in [-0.4, -0.2) is 48.3 Å². The predicted octanol–water partition coefficient (Wildman–Crippen LogP) is 2.66. The van der Waals surface area contributed by atoms with Crippen molar-refractivity contribution in [2.75, 3.05) is 10.6 Å². The van der Waals surface area contributed by atoms with E-state index in [2.05, 4.69) is 25.8 Å². The van der Waals surface area contributed by atoms with Gasteiger partial charge in [0.1, 0.15) is 5.69 Å². The van der Waals surface area contributed by atoms with Crippen molar-refractivity contribution in [2.45, 2.75) is 43.4 Å². The van der Waals surface area contributed by atoms with E-state index in [9.17, 15) is 26.7 Å². The van der Waals surface area contributed by atoms with Crippen LogP contribution in [0.2, 0.25) is 0 Å². The van der Waals surface area contributed by atoms with E-state index >= 15 is 0 Å². The number of alkyl halides is 5. The van der Waals surface area contributed by atoms with E-state index < -0.39 is 41.5 Å². The molecule has 0 bridgehead atoms. The van der Waals surface area contributed by atoms with E-state index in [4.69, 9.17) is 5.73 Å². The van der Waals surface area contributed by atoms with E-state index in [0.29, 0.717) is 11.9 Å². The number of hydrogen-bond acceptors (Lipinski definition) is 6. The first-order valence-corrected chi connectivity index (χ1v) is 9.62. The summed E-state index contributed by atoms with van der Waals surface area (Å²) in [4.78, 5) is 16.7. The standard InChI is InChI=1S/C18H19F5N8O/c1-30-8-11(14(28-30)18(21,22)23)26-15(32)12-5-4-9-7-25-16(29-31(9)12)27-10-3-2-6-17(19,20)13(10)24/h4-5,7-8,10,13H,2-3,6,24H2,1H3,(H,26,32)(H,27,29)/t10-,13-/m1/s1. The molecule has 0 aromatic carbocycles. The number of rotatable bonds is 4. The number of anilines is 2. The highest BCUT2D eigenvalue weighted by molar-refractivity contribution is 6.04. The zero-order chi connectivity index (χ0) is 23.3. The van der Waals surface area contributed by atoms with Gasteiger partial charge in [0.2, 0.25) is 5.95 Å². The van der Waals surface area contributed by atoms with E-state index in [1.165, 1.54) is 25.4 Å². The zero-order valence-corrected chi connectivity index (χ0v) is 16.7. The lowest BCUT2D eigenvalue weighted by atomic mass is 9.87. The second-order valence-corrected chi connectivity index (χ2v) is 7.58. The molecule has 9 nitrogen and oxygen atoms in total. The maximum Gasteiger partial charge on any atom is 0.437 e. The zero-order valence-electron chi connectivity index (χ0n) is 16.7. The van der Waals surface area contributed by atoms with Gasteiger partial charge in [-0.25, -0.2) is 18.3 Å². The molecule has 3 heterocycles. The molecule has 14 heteroatoms. The summed E-state index contributed by atoms with van der Waals surface area (Å²) >= 11 is 0. The van der Waals surface area contributed by atoms with Crippen molar-refractivity contribution < 1.29 is 26.7 Å². The Morgan fingerprint density at radius 3 is 2.75 bits per heavy atom. The van der Waals surface area contributed by atoms with Gasteiger partial charge in [-0.1, -0.05) is 0 Å². The molecule has 32 heavy (non-hydrogen) atoms. The molecule has 4 rings (SSSR count). The average Bonchev–Trinajstić information content (AvgIpc) is 3.28. The van der Waals surface area contributed by atoms with Crippen LogP contribution in [0.4, 0.5) is 33.6 Å². The van der Waals surface area contributed by atoms with Gasteiger partial charge in [-0.15, -0.1) is 5.10 Å². The summed E-state index contributed by atoms with van der Waals surface area (Å²) < 4.78 is 69.3. The molecule has 2 atom stereocenters. The lowest BCUT2D eigenvalue weighted by molar-refractivity contribution is -0.140. The van der Waals surface area contributed by atoms with Crippen LogP contribution in [0.3, 0.4) is 0 Å². The largest absolute Gasteiger partial charge is 0.437 e. The quantitative estimate of drug-likeness (QED) is 0.518. The third-order valence-electron chi connectivity index (χ3n) is 5.24. The van der Waals surface area contributed by atoms with E-state index in [0.717, 1.165) is 15.4 Å². The number of fused-ring (bicyclic) bond motifs is 1. The lowest BCUT2D eigenvalue weighted by Crippen LogP contribution is -2.55. The molecule has 3 aromatic heterocycles. The molecule has 4 N–H and O–H groups in total. The molecular formula is C18H19F5N8O. The summed E-state index contributed by atoms with van der Waals surface area (Å²) in [6.45, 7) is 0. The van der Waals surface area contributed by atoms with E-state index in [1.807, 2.05) is 0 Å². The van der Waals surface area contributed by atoms with Crippen molar-refractivity contribution in [3.8, 4) is 0 Å². The van der Waals surface area contributed by atoms with Crippen LogP contribution in [0, 0.1) is 0 Å². The Labute approximate surface area is 177 Å². The Morgan fingerprint density at radius 2 is 2.03 bits per heavy atom. The summed E-state index contributed by atoms with van der Waals surface area (Å²) in [6, 6.07) is 0.628. The number of hydrogen-bond donors (Lipinski definition) is 3. The molecule has 0 radical (unpaired) electrons.